The van der Waals surface area contributed by atoms with Crippen molar-refractivity contribution >= 4 is 16.7 Å². The van der Waals surface area contributed by atoms with Gasteiger partial charge in [0, 0.05) is 11.1 Å². The topological polar surface area (TPSA) is 17.8 Å². The first-order valence-electron chi connectivity index (χ1n) is 9.04. The lowest BCUT2D eigenvalue weighted by molar-refractivity contribution is 0.234. The average molecular weight is 320 g/mol. The Morgan fingerprint density at radius 1 is 1.04 bits per heavy atom. The second kappa shape index (κ2) is 4.62. The Hall–Kier alpha value is -1.83. The molecule has 2 heteroatoms. The van der Waals surface area contributed by atoms with Crippen molar-refractivity contribution in [1.29, 1.82) is 0 Å². The van der Waals surface area contributed by atoms with Crippen LogP contribution >= 0.6 is 0 Å². The summed E-state index contributed by atoms with van der Waals surface area (Å²) in [5, 5.41) is 0. The van der Waals surface area contributed by atoms with Crippen molar-refractivity contribution in [2.24, 2.45) is 10.8 Å². The van der Waals surface area contributed by atoms with Crippen molar-refractivity contribution in [1.82, 2.24) is 9.55 Å². The van der Waals surface area contributed by atoms with Gasteiger partial charge in [-0.3, -0.25) is 0 Å². The quantitative estimate of drug-likeness (QED) is 0.656. The van der Waals surface area contributed by atoms with Gasteiger partial charge in [0.05, 0.1) is 11.0 Å². The number of aryl methyl sites for hydroxylation is 1. The molecule has 0 aliphatic heterocycles. The number of imidazole rings is 1. The van der Waals surface area contributed by atoms with Crippen molar-refractivity contribution in [2.75, 3.05) is 0 Å². The zero-order valence-corrected chi connectivity index (χ0v) is 15.8. The van der Waals surface area contributed by atoms with E-state index in [2.05, 4.69) is 76.5 Å². The van der Waals surface area contributed by atoms with E-state index in [1.807, 2.05) is 6.33 Å². The molecule has 2 nitrogen and oxygen atoms in total. The molecule has 0 radical (unpaired) electrons. The maximum atomic E-state index is 4.73. The molecule has 126 valence electrons. The molecule has 0 saturated heterocycles. The molecule has 0 bridgehead atoms. The third-order valence-electron chi connectivity index (χ3n) is 6.80. The molecule has 1 aromatic heterocycles. The smallest absolute Gasteiger partial charge is 0.100 e. The van der Waals surface area contributed by atoms with E-state index in [9.17, 15) is 0 Å². The predicted molar refractivity (Wildman–Crippen MR) is 102 cm³/mol. The van der Waals surface area contributed by atoms with Crippen LogP contribution in [0.2, 0.25) is 0 Å². The molecular formula is C22H28N2. The molecule has 1 heterocycles. The maximum absolute atomic E-state index is 4.73. The van der Waals surface area contributed by atoms with Gasteiger partial charge in [0.1, 0.15) is 6.33 Å². The first-order valence-corrected chi connectivity index (χ1v) is 9.04. The highest BCUT2D eigenvalue weighted by atomic mass is 15.1. The lowest BCUT2D eigenvalue weighted by Crippen LogP contribution is -2.35. The molecular weight excluding hydrogens is 292 g/mol. The number of benzene rings is 1. The molecule has 1 aromatic carbocycles. The fourth-order valence-corrected chi connectivity index (χ4v) is 4.22. The third-order valence-corrected chi connectivity index (χ3v) is 6.80. The van der Waals surface area contributed by atoms with Crippen molar-refractivity contribution in [3.05, 3.63) is 47.8 Å². The fourth-order valence-electron chi connectivity index (χ4n) is 4.22. The molecule has 2 aliphatic rings. The molecule has 0 N–H and O–H groups in total. The van der Waals surface area contributed by atoms with Crippen LogP contribution in [0.15, 0.2) is 36.7 Å². The normalized spacial score (nSPS) is 23.3. The first kappa shape index (κ1) is 15.7. The number of nitrogens with zero attached hydrogens (tertiary/aromatic N) is 2. The van der Waals surface area contributed by atoms with Gasteiger partial charge < -0.3 is 4.57 Å². The van der Waals surface area contributed by atoms with Crippen LogP contribution in [0.5, 0.6) is 0 Å². The van der Waals surface area contributed by atoms with Crippen LogP contribution in [0.1, 0.15) is 59.1 Å². The first-order chi connectivity index (χ1) is 11.1. The summed E-state index contributed by atoms with van der Waals surface area (Å²) in [6.45, 7) is 14.0. The van der Waals surface area contributed by atoms with Crippen LogP contribution in [0.4, 0.5) is 0 Å². The standard InChI is InChI=1S/C22H28N2/c1-20(2)11-9-15-12-17-18(13-16(15)20)24(14-23-17)19-8-7-10-21(3,4)22(19,5)6/h7-8,10,12-14H,9,11H2,1-6H3. The van der Waals surface area contributed by atoms with Crippen molar-refractivity contribution in [3.63, 3.8) is 0 Å². The Kier molecular flexibility index (Phi) is 3.02. The van der Waals surface area contributed by atoms with Crippen LogP contribution in [0.25, 0.3) is 16.7 Å². The van der Waals surface area contributed by atoms with E-state index in [0.29, 0.717) is 0 Å². The summed E-state index contributed by atoms with van der Waals surface area (Å²) in [5.41, 5.74) is 7.11. The molecule has 24 heavy (non-hydrogen) atoms. The average Bonchev–Trinajstić information content (AvgIpc) is 3.02. The van der Waals surface area contributed by atoms with Gasteiger partial charge in [0.2, 0.25) is 0 Å². The number of rotatable bonds is 1. The zero-order valence-electron chi connectivity index (χ0n) is 15.8. The maximum Gasteiger partial charge on any atom is 0.100 e. The number of aromatic nitrogens is 2. The van der Waals surface area contributed by atoms with Crippen LogP contribution in [0.3, 0.4) is 0 Å². The molecule has 2 aromatic rings. The molecule has 0 fully saturated rings. The van der Waals surface area contributed by atoms with E-state index in [4.69, 9.17) is 4.98 Å². The van der Waals surface area contributed by atoms with Gasteiger partial charge in [-0.05, 0) is 53.0 Å². The molecule has 0 unspecified atom stereocenters. The Balaban J connectivity index is 1.93. The lowest BCUT2D eigenvalue weighted by atomic mass is 9.64. The number of fused-ring (bicyclic) bond motifs is 2. The van der Waals surface area contributed by atoms with E-state index >= 15 is 0 Å². The summed E-state index contributed by atoms with van der Waals surface area (Å²) >= 11 is 0. The van der Waals surface area contributed by atoms with Gasteiger partial charge in [-0.25, -0.2) is 4.98 Å². The van der Waals surface area contributed by atoms with Crippen LogP contribution in [-0.4, -0.2) is 9.55 Å². The second-order valence-corrected chi connectivity index (χ2v) is 9.25. The van der Waals surface area contributed by atoms with E-state index in [1.54, 1.807) is 0 Å². The highest BCUT2D eigenvalue weighted by Crippen LogP contribution is 2.50. The van der Waals surface area contributed by atoms with Crippen LogP contribution in [-0.2, 0) is 11.8 Å². The molecule has 0 saturated carbocycles. The van der Waals surface area contributed by atoms with Crippen LogP contribution in [0, 0.1) is 10.8 Å². The predicted octanol–water partition coefficient (Wildman–Crippen LogP) is 5.72. The Bertz CT molecular complexity index is 888. The summed E-state index contributed by atoms with van der Waals surface area (Å²) in [4.78, 5) is 4.73. The number of hydrogen-bond acceptors (Lipinski definition) is 1. The van der Waals surface area contributed by atoms with Gasteiger partial charge in [0.15, 0.2) is 0 Å². The monoisotopic (exact) mass is 320 g/mol. The van der Waals surface area contributed by atoms with Crippen LogP contribution < -0.4 is 0 Å². The minimum absolute atomic E-state index is 0.0455. The summed E-state index contributed by atoms with van der Waals surface area (Å²) in [6, 6.07) is 4.71. The molecule has 0 spiro atoms. The lowest BCUT2D eigenvalue weighted by Gasteiger charge is -2.43. The van der Waals surface area contributed by atoms with E-state index in [1.165, 1.54) is 35.2 Å². The van der Waals surface area contributed by atoms with Crippen molar-refractivity contribution < 1.29 is 0 Å². The SMILES string of the molecule is CC1(C)CCc2cc3ncn(C4=CC=CC(C)(C)C4(C)C)c3cc21. The minimum atomic E-state index is 0.0455. The number of allylic oxidation sites excluding steroid dienone is 4. The zero-order chi connectivity index (χ0) is 17.3. The van der Waals surface area contributed by atoms with E-state index in [-0.39, 0.29) is 16.2 Å². The molecule has 4 rings (SSSR count). The second-order valence-electron chi connectivity index (χ2n) is 9.25. The minimum Gasteiger partial charge on any atom is -0.302 e. The third kappa shape index (κ3) is 1.98. The van der Waals surface area contributed by atoms with E-state index in [0.717, 1.165) is 5.52 Å². The molecule has 2 aliphatic carbocycles. The van der Waals surface area contributed by atoms with Gasteiger partial charge in [-0.1, -0.05) is 53.7 Å². The molecule has 0 amide bonds. The van der Waals surface area contributed by atoms with Gasteiger partial charge in [-0.2, -0.15) is 0 Å². The van der Waals surface area contributed by atoms with Gasteiger partial charge in [-0.15, -0.1) is 0 Å². The van der Waals surface area contributed by atoms with Gasteiger partial charge in [0.25, 0.3) is 0 Å². The fraction of sp³-hybridized carbons (Fsp3) is 0.500. The largest absolute Gasteiger partial charge is 0.302 e. The highest BCUT2D eigenvalue weighted by Gasteiger charge is 2.41. The summed E-state index contributed by atoms with van der Waals surface area (Å²) in [5.74, 6) is 0. The Morgan fingerprint density at radius 2 is 1.79 bits per heavy atom. The molecule has 0 atom stereocenters. The summed E-state index contributed by atoms with van der Waals surface area (Å²) < 4.78 is 2.31. The number of hydrogen-bond donors (Lipinski definition) is 0. The summed E-state index contributed by atoms with van der Waals surface area (Å²) in [7, 11) is 0. The van der Waals surface area contributed by atoms with Gasteiger partial charge >= 0.3 is 0 Å². The summed E-state index contributed by atoms with van der Waals surface area (Å²) in [6.07, 6.45) is 11.2. The highest BCUT2D eigenvalue weighted by molar-refractivity contribution is 5.83. The Labute approximate surface area is 145 Å². The van der Waals surface area contributed by atoms with E-state index < -0.39 is 0 Å². The van der Waals surface area contributed by atoms with Crippen molar-refractivity contribution in [2.45, 2.75) is 59.8 Å². The van der Waals surface area contributed by atoms with Crippen molar-refractivity contribution in [3.8, 4) is 0 Å². The Morgan fingerprint density at radius 3 is 2.54 bits per heavy atom.